The van der Waals surface area contributed by atoms with E-state index in [2.05, 4.69) is 16.3 Å². The number of rotatable bonds is 6. The van der Waals surface area contributed by atoms with E-state index in [1.165, 1.54) is 19.2 Å². The molecule has 0 spiro atoms. The zero-order chi connectivity index (χ0) is 18.4. The van der Waals surface area contributed by atoms with Gasteiger partial charge in [-0.25, -0.2) is 0 Å². The predicted molar refractivity (Wildman–Crippen MR) is 95.8 cm³/mol. The Labute approximate surface area is 152 Å². The highest BCUT2D eigenvalue weighted by atomic mass is 35.5. The van der Waals surface area contributed by atoms with Crippen molar-refractivity contribution >= 4 is 23.2 Å². The molecular weight excluding hydrogens is 344 g/mol. The van der Waals surface area contributed by atoms with Crippen LogP contribution in [0.4, 0.5) is 5.69 Å². The van der Waals surface area contributed by atoms with Gasteiger partial charge in [0.2, 0.25) is 0 Å². The van der Waals surface area contributed by atoms with E-state index in [4.69, 9.17) is 32.1 Å². The van der Waals surface area contributed by atoms with Gasteiger partial charge in [-0.05, 0) is 12.5 Å². The smallest absolute Gasteiger partial charge is 0.255 e. The maximum Gasteiger partial charge on any atom is 0.255 e. The first kappa shape index (κ1) is 19.3. The first-order valence-corrected chi connectivity index (χ1v) is 8.44. The molecule has 1 fully saturated rings. The molecule has 8 heteroatoms. The molecule has 1 aliphatic heterocycles. The Morgan fingerprint density at radius 1 is 1.52 bits per heavy atom. The van der Waals surface area contributed by atoms with Gasteiger partial charge in [-0.3, -0.25) is 9.69 Å². The van der Waals surface area contributed by atoms with Gasteiger partial charge in [0.05, 0.1) is 41.6 Å². The number of nitrogen functional groups attached to an aromatic ring is 1. The Morgan fingerprint density at radius 3 is 2.92 bits per heavy atom. The molecule has 1 heterocycles. The number of carbonyl (C=O) groups is 1. The van der Waals surface area contributed by atoms with E-state index in [9.17, 15) is 4.79 Å². The third-order valence-electron chi connectivity index (χ3n) is 4.37. The summed E-state index contributed by atoms with van der Waals surface area (Å²) in [7, 11) is 3.10. The quantitative estimate of drug-likeness (QED) is 0.742. The van der Waals surface area contributed by atoms with E-state index in [1.54, 1.807) is 7.11 Å². The van der Waals surface area contributed by atoms with Crippen molar-refractivity contribution in [2.24, 2.45) is 0 Å². The van der Waals surface area contributed by atoms with Crippen molar-refractivity contribution in [2.75, 3.05) is 39.6 Å². The van der Waals surface area contributed by atoms with Gasteiger partial charge in [0, 0.05) is 39.2 Å². The van der Waals surface area contributed by atoms with Crippen LogP contribution in [0.15, 0.2) is 12.1 Å². The number of carbonyl (C=O) groups excluding carboxylic acids is 1. The monoisotopic (exact) mass is 366 g/mol. The number of halogens is 1. The molecule has 2 rings (SSSR count). The third-order valence-corrected chi connectivity index (χ3v) is 4.69. The molecule has 25 heavy (non-hydrogen) atoms. The standard InChI is InChI=1S/C17H23ClN4O3/c1-24-15-9-13(20)12(18)8-11(15)17(23)21-14-4-7-22(6-3-5-19)10-16(14)25-2/h8-9,14,16H,3-4,6-7,10,20H2,1-2H3,(H,21,23). The lowest BCUT2D eigenvalue weighted by molar-refractivity contribution is 0.00705. The number of methoxy groups -OCH3 is 2. The van der Waals surface area contributed by atoms with Crippen LogP contribution in [0.2, 0.25) is 5.02 Å². The van der Waals surface area contributed by atoms with Crippen molar-refractivity contribution in [1.82, 2.24) is 10.2 Å². The van der Waals surface area contributed by atoms with Crippen molar-refractivity contribution in [3.8, 4) is 11.8 Å². The number of nitriles is 1. The topological polar surface area (TPSA) is 101 Å². The lowest BCUT2D eigenvalue weighted by Gasteiger charge is -2.37. The number of piperidine rings is 1. The molecule has 0 aromatic heterocycles. The van der Waals surface area contributed by atoms with Crippen LogP contribution in [0, 0.1) is 11.3 Å². The number of anilines is 1. The van der Waals surface area contributed by atoms with Crippen molar-refractivity contribution in [3.63, 3.8) is 0 Å². The number of likely N-dealkylation sites (tertiary alicyclic amines) is 1. The van der Waals surface area contributed by atoms with E-state index in [-0.39, 0.29) is 18.1 Å². The van der Waals surface area contributed by atoms with Gasteiger partial charge in [-0.15, -0.1) is 0 Å². The van der Waals surface area contributed by atoms with E-state index >= 15 is 0 Å². The summed E-state index contributed by atoms with van der Waals surface area (Å²) in [5, 5.41) is 12.0. The molecule has 0 radical (unpaired) electrons. The van der Waals surface area contributed by atoms with Crippen LogP contribution in [-0.4, -0.2) is 56.8 Å². The van der Waals surface area contributed by atoms with Crippen LogP contribution < -0.4 is 15.8 Å². The Bertz CT molecular complexity index is 662. The van der Waals surface area contributed by atoms with Gasteiger partial charge in [-0.2, -0.15) is 5.26 Å². The van der Waals surface area contributed by atoms with Crippen LogP contribution in [0.3, 0.4) is 0 Å². The predicted octanol–water partition coefficient (Wildman–Crippen LogP) is 1.66. The Balaban J connectivity index is 2.07. The molecule has 7 nitrogen and oxygen atoms in total. The summed E-state index contributed by atoms with van der Waals surface area (Å²) >= 11 is 6.03. The fraction of sp³-hybridized carbons (Fsp3) is 0.529. The zero-order valence-corrected chi connectivity index (χ0v) is 15.2. The summed E-state index contributed by atoms with van der Waals surface area (Å²) < 4.78 is 10.8. The first-order valence-electron chi connectivity index (χ1n) is 8.06. The highest BCUT2D eigenvalue weighted by Crippen LogP contribution is 2.29. The average Bonchev–Trinajstić information content (AvgIpc) is 2.62. The summed E-state index contributed by atoms with van der Waals surface area (Å²) in [6, 6.07) is 5.06. The average molecular weight is 367 g/mol. The molecule has 1 amide bonds. The molecule has 0 saturated carbocycles. The van der Waals surface area contributed by atoms with Crippen molar-refractivity contribution in [2.45, 2.75) is 25.0 Å². The third kappa shape index (κ3) is 4.75. The number of nitrogens with one attached hydrogen (secondary N) is 1. The van der Waals surface area contributed by atoms with Crippen LogP contribution in [0.25, 0.3) is 0 Å². The summed E-state index contributed by atoms with van der Waals surface area (Å²) in [6.45, 7) is 2.17. The second kappa shape index (κ2) is 8.90. The van der Waals surface area contributed by atoms with Crippen molar-refractivity contribution in [3.05, 3.63) is 22.7 Å². The molecule has 1 aromatic carbocycles. The number of amides is 1. The second-order valence-electron chi connectivity index (χ2n) is 5.93. The molecule has 2 unspecified atom stereocenters. The first-order chi connectivity index (χ1) is 12.0. The zero-order valence-electron chi connectivity index (χ0n) is 14.4. The van der Waals surface area contributed by atoms with Gasteiger partial charge in [0.15, 0.2) is 0 Å². The molecule has 136 valence electrons. The maximum atomic E-state index is 12.7. The van der Waals surface area contributed by atoms with E-state index in [0.717, 1.165) is 13.0 Å². The molecule has 3 N–H and O–H groups in total. The largest absolute Gasteiger partial charge is 0.496 e. The van der Waals surface area contributed by atoms with E-state index in [1.807, 2.05) is 0 Å². The van der Waals surface area contributed by atoms with E-state index < -0.39 is 0 Å². The fourth-order valence-electron chi connectivity index (χ4n) is 2.96. The number of nitrogens with two attached hydrogens (primary N) is 1. The molecule has 1 aromatic rings. The Hall–Kier alpha value is -2.01. The Morgan fingerprint density at radius 2 is 2.28 bits per heavy atom. The number of hydrogen-bond acceptors (Lipinski definition) is 6. The van der Waals surface area contributed by atoms with Gasteiger partial charge >= 0.3 is 0 Å². The van der Waals surface area contributed by atoms with Gasteiger partial charge in [0.1, 0.15) is 5.75 Å². The molecule has 2 atom stereocenters. The SMILES string of the molecule is COc1cc(N)c(Cl)cc1C(=O)NC1CCN(CCC#N)CC1OC. The van der Waals surface area contributed by atoms with Crippen LogP contribution in [0.5, 0.6) is 5.75 Å². The minimum absolute atomic E-state index is 0.128. The minimum Gasteiger partial charge on any atom is -0.496 e. The molecule has 0 aliphatic carbocycles. The highest BCUT2D eigenvalue weighted by molar-refractivity contribution is 6.33. The lowest BCUT2D eigenvalue weighted by Crippen LogP contribution is -2.54. The van der Waals surface area contributed by atoms with Crippen LogP contribution in [-0.2, 0) is 4.74 Å². The lowest BCUT2D eigenvalue weighted by atomic mass is 10.0. The minimum atomic E-state index is -0.281. The summed E-state index contributed by atoms with van der Waals surface area (Å²) in [4.78, 5) is 14.8. The number of benzene rings is 1. The second-order valence-corrected chi connectivity index (χ2v) is 6.33. The molecule has 1 saturated heterocycles. The maximum absolute atomic E-state index is 12.7. The normalized spacial score (nSPS) is 20.7. The van der Waals surface area contributed by atoms with E-state index in [0.29, 0.717) is 41.5 Å². The fourth-order valence-corrected chi connectivity index (χ4v) is 3.12. The number of ether oxygens (including phenoxy) is 2. The molecular formula is C17H23ClN4O3. The summed E-state index contributed by atoms with van der Waals surface area (Å²) in [5.74, 6) is 0.0936. The highest BCUT2D eigenvalue weighted by Gasteiger charge is 2.31. The number of nitrogens with zero attached hydrogens (tertiary/aromatic N) is 2. The van der Waals surface area contributed by atoms with Gasteiger partial charge < -0.3 is 20.5 Å². The van der Waals surface area contributed by atoms with Crippen molar-refractivity contribution < 1.29 is 14.3 Å². The van der Waals surface area contributed by atoms with Gasteiger partial charge in [-0.1, -0.05) is 11.6 Å². The molecule has 0 bridgehead atoms. The van der Waals surface area contributed by atoms with Crippen molar-refractivity contribution in [1.29, 1.82) is 5.26 Å². The summed E-state index contributed by atoms with van der Waals surface area (Å²) in [5.41, 5.74) is 6.45. The Kier molecular flexibility index (Phi) is 6.88. The van der Waals surface area contributed by atoms with Crippen LogP contribution >= 0.6 is 11.6 Å². The summed E-state index contributed by atoms with van der Waals surface area (Å²) in [6.07, 6.45) is 1.07. The van der Waals surface area contributed by atoms with Gasteiger partial charge in [0.25, 0.3) is 5.91 Å². The number of hydrogen-bond donors (Lipinski definition) is 2. The molecule has 1 aliphatic rings. The van der Waals surface area contributed by atoms with Crippen LogP contribution in [0.1, 0.15) is 23.2 Å².